The van der Waals surface area contributed by atoms with E-state index in [1.54, 1.807) is 48.5 Å². The van der Waals surface area contributed by atoms with Crippen LogP contribution in [-0.4, -0.2) is 27.8 Å². The van der Waals surface area contributed by atoms with Gasteiger partial charge in [0.25, 0.3) is 5.91 Å². The average molecular weight is 446 g/mol. The van der Waals surface area contributed by atoms with E-state index in [1.165, 1.54) is 6.92 Å². The fourth-order valence-electron chi connectivity index (χ4n) is 2.29. The summed E-state index contributed by atoms with van der Waals surface area (Å²) < 4.78 is 11.9. The van der Waals surface area contributed by atoms with Gasteiger partial charge in [0.2, 0.25) is 5.89 Å². The number of carbonyl (C=O) groups is 2. The molecule has 3 rings (SSSR count). The summed E-state index contributed by atoms with van der Waals surface area (Å²) in [7, 11) is 0. The first-order valence-corrected chi connectivity index (χ1v) is 9.11. The molecular weight excluding hydrogens is 430 g/mol. The van der Waals surface area contributed by atoms with Crippen molar-refractivity contribution in [2.24, 2.45) is 0 Å². The predicted molar refractivity (Wildman–Crippen MR) is 105 cm³/mol. The van der Waals surface area contributed by atoms with Crippen molar-refractivity contribution < 1.29 is 18.7 Å². The Kier molecular flexibility index (Phi) is 6.05. The van der Waals surface area contributed by atoms with Crippen LogP contribution in [-0.2, 0) is 20.9 Å². The van der Waals surface area contributed by atoms with Gasteiger partial charge < -0.3 is 14.5 Å². The molecule has 1 amide bonds. The molecule has 0 aliphatic carbocycles. The Morgan fingerprint density at radius 2 is 1.86 bits per heavy atom. The summed E-state index contributed by atoms with van der Waals surface area (Å²) >= 11 is 3.30. The van der Waals surface area contributed by atoms with Crippen LogP contribution in [0.4, 0.5) is 5.69 Å². The SMILES string of the molecule is CC(OC(=O)Cn1nc(-c2ccccc2)oc1=O)C(=O)Nc1ccc(Br)cc1. The van der Waals surface area contributed by atoms with Crippen molar-refractivity contribution in [2.75, 3.05) is 5.32 Å². The largest absolute Gasteiger partial charge is 0.451 e. The van der Waals surface area contributed by atoms with Gasteiger partial charge in [-0.25, -0.2) is 4.79 Å². The van der Waals surface area contributed by atoms with Crippen molar-refractivity contribution in [1.29, 1.82) is 0 Å². The van der Waals surface area contributed by atoms with Crippen LogP contribution in [0.1, 0.15) is 6.92 Å². The highest BCUT2D eigenvalue weighted by molar-refractivity contribution is 9.10. The van der Waals surface area contributed by atoms with Crippen LogP contribution >= 0.6 is 15.9 Å². The van der Waals surface area contributed by atoms with E-state index in [-0.39, 0.29) is 5.89 Å². The number of hydrogen-bond donors (Lipinski definition) is 1. The monoisotopic (exact) mass is 445 g/mol. The van der Waals surface area contributed by atoms with Crippen molar-refractivity contribution in [3.63, 3.8) is 0 Å². The molecule has 0 spiro atoms. The maximum absolute atomic E-state index is 12.1. The van der Waals surface area contributed by atoms with Crippen molar-refractivity contribution in [3.8, 4) is 11.5 Å². The number of hydrogen-bond acceptors (Lipinski definition) is 6. The third kappa shape index (κ3) is 4.95. The average Bonchev–Trinajstić information content (AvgIpc) is 3.04. The molecule has 8 nitrogen and oxygen atoms in total. The molecule has 0 saturated carbocycles. The smallest absolute Gasteiger partial charge is 0.437 e. The molecule has 0 fully saturated rings. The third-order valence-corrected chi connectivity index (χ3v) is 4.22. The molecule has 1 atom stereocenters. The second kappa shape index (κ2) is 8.66. The summed E-state index contributed by atoms with van der Waals surface area (Å²) in [5.74, 6) is -1.97. The summed E-state index contributed by atoms with van der Waals surface area (Å²) in [6, 6.07) is 15.8. The molecule has 3 aromatic rings. The molecule has 0 aliphatic rings. The van der Waals surface area contributed by atoms with E-state index in [1.807, 2.05) is 6.07 Å². The number of esters is 1. The van der Waals surface area contributed by atoms with Gasteiger partial charge in [0, 0.05) is 15.7 Å². The lowest BCUT2D eigenvalue weighted by Gasteiger charge is -2.13. The Morgan fingerprint density at radius 1 is 1.18 bits per heavy atom. The van der Waals surface area contributed by atoms with Crippen LogP contribution in [0.25, 0.3) is 11.5 Å². The van der Waals surface area contributed by atoms with Crippen molar-refractivity contribution >= 4 is 33.5 Å². The van der Waals surface area contributed by atoms with Crippen molar-refractivity contribution in [3.05, 3.63) is 69.6 Å². The van der Waals surface area contributed by atoms with E-state index in [0.717, 1.165) is 9.15 Å². The first-order valence-electron chi connectivity index (χ1n) is 8.31. The molecule has 0 aliphatic heterocycles. The number of nitrogens with one attached hydrogen (secondary N) is 1. The van der Waals surface area contributed by atoms with Gasteiger partial charge in [-0.1, -0.05) is 34.1 Å². The lowest BCUT2D eigenvalue weighted by atomic mass is 10.2. The van der Waals surface area contributed by atoms with Gasteiger partial charge in [0.1, 0.15) is 6.54 Å². The number of nitrogens with zero attached hydrogens (tertiary/aromatic N) is 2. The van der Waals surface area contributed by atoms with Gasteiger partial charge in [0.05, 0.1) is 0 Å². The van der Waals surface area contributed by atoms with E-state index >= 15 is 0 Å². The number of carbonyl (C=O) groups excluding carboxylic acids is 2. The number of amides is 1. The van der Waals surface area contributed by atoms with Gasteiger partial charge in [0.15, 0.2) is 6.10 Å². The molecule has 1 unspecified atom stereocenters. The molecule has 0 radical (unpaired) electrons. The highest BCUT2D eigenvalue weighted by atomic mass is 79.9. The Bertz CT molecular complexity index is 1030. The van der Waals surface area contributed by atoms with Gasteiger partial charge in [-0.3, -0.25) is 9.59 Å². The summed E-state index contributed by atoms with van der Waals surface area (Å²) in [6.45, 7) is 0.970. The predicted octanol–water partition coefficient (Wildman–Crippen LogP) is 2.84. The Morgan fingerprint density at radius 3 is 2.54 bits per heavy atom. The molecule has 1 N–H and O–H groups in total. The van der Waals surface area contributed by atoms with Crippen molar-refractivity contribution in [2.45, 2.75) is 19.6 Å². The zero-order valence-electron chi connectivity index (χ0n) is 14.8. The first-order chi connectivity index (χ1) is 13.4. The Hall–Kier alpha value is -3.20. The van der Waals surface area contributed by atoms with E-state index in [2.05, 4.69) is 26.3 Å². The molecule has 1 aromatic heterocycles. The second-order valence-corrected chi connectivity index (χ2v) is 6.74. The molecule has 144 valence electrons. The minimum absolute atomic E-state index is 0.0967. The number of benzene rings is 2. The molecule has 28 heavy (non-hydrogen) atoms. The molecule has 0 bridgehead atoms. The number of anilines is 1. The minimum atomic E-state index is -1.05. The van der Waals surface area contributed by atoms with E-state index in [0.29, 0.717) is 11.3 Å². The molecular formula is C19H16BrN3O5. The summed E-state index contributed by atoms with van der Waals surface area (Å²) in [4.78, 5) is 36.1. The normalized spacial score (nSPS) is 11.6. The summed E-state index contributed by atoms with van der Waals surface area (Å²) in [5, 5.41) is 6.62. The topological polar surface area (TPSA) is 103 Å². The highest BCUT2D eigenvalue weighted by Crippen LogP contribution is 2.15. The van der Waals surface area contributed by atoms with Gasteiger partial charge in [-0.15, -0.1) is 5.10 Å². The molecule has 9 heteroatoms. The van der Waals surface area contributed by atoms with Crippen LogP contribution in [0.2, 0.25) is 0 Å². The van der Waals surface area contributed by atoms with Crippen LogP contribution in [0.15, 0.2) is 68.3 Å². The lowest BCUT2D eigenvalue weighted by Crippen LogP contribution is -2.32. The third-order valence-electron chi connectivity index (χ3n) is 3.70. The van der Waals surface area contributed by atoms with Gasteiger partial charge >= 0.3 is 11.7 Å². The zero-order valence-corrected chi connectivity index (χ0v) is 16.4. The first kappa shape index (κ1) is 19.6. The maximum Gasteiger partial charge on any atom is 0.437 e. The highest BCUT2D eigenvalue weighted by Gasteiger charge is 2.20. The molecule has 2 aromatic carbocycles. The number of halogens is 1. The van der Waals surface area contributed by atoms with E-state index < -0.39 is 30.3 Å². The van der Waals surface area contributed by atoms with Crippen LogP contribution in [0, 0.1) is 0 Å². The van der Waals surface area contributed by atoms with E-state index in [4.69, 9.17) is 9.15 Å². The summed E-state index contributed by atoms with van der Waals surface area (Å²) in [6.07, 6.45) is -1.05. The zero-order chi connectivity index (χ0) is 20.1. The number of aromatic nitrogens is 2. The van der Waals surface area contributed by atoms with Crippen LogP contribution in [0.5, 0.6) is 0 Å². The minimum Gasteiger partial charge on any atom is -0.451 e. The van der Waals surface area contributed by atoms with Gasteiger partial charge in [-0.2, -0.15) is 4.68 Å². The second-order valence-electron chi connectivity index (χ2n) is 5.83. The molecule has 1 heterocycles. The Labute approximate surface area is 168 Å². The number of rotatable bonds is 6. The standard InChI is InChI=1S/C19H16BrN3O5/c1-12(17(25)21-15-9-7-14(20)8-10-15)27-16(24)11-23-19(26)28-18(22-23)13-5-3-2-4-6-13/h2-10,12H,11H2,1H3,(H,21,25). The van der Waals surface area contributed by atoms with Crippen LogP contribution < -0.4 is 11.1 Å². The lowest BCUT2D eigenvalue weighted by molar-refractivity contribution is -0.154. The van der Waals surface area contributed by atoms with E-state index in [9.17, 15) is 14.4 Å². The molecule has 0 saturated heterocycles. The van der Waals surface area contributed by atoms with Crippen molar-refractivity contribution in [1.82, 2.24) is 9.78 Å². The quantitative estimate of drug-likeness (QED) is 0.585. The van der Waals surface area contributed by atoms with Gasteiger partial charge in [-0.05, 0) is 43.3 Å². The number of ether oxygens (including phenoxy) is 1. The fourth-order valence-corrected chi connectivity index (χ4v) is 2.56. The Balaban J connectivity index is 1.59. The fraction of sp³-hybridized carbons (Fsp3) is 0.158. The maximum atomic E-state index is 12.1. The summed E-state index contributed by atoms with van der Waals surface area (Å²) in [5.41, 5.74) is 1.17. The van der Waals surface area contributed by atoms with Crippen LogP contribution in [0.3, 0.4) is 0 Å².